The number of aromatic nitrogens is 2. The smallest absolute Gasteiger partial charge is 0.475 e. The van der Waals surface area contributed by atoms with Gasteiger partial charge in [-0.15, -0.1) is 0 Å². The van der Waals surface area contributed by atoms with Crippen LogP contribution in [0.4, 0.5) is 13.2 Å². The van der Waals surface area contributed by atoms with E-state index in [0.717, 1.165) is 49.2 Å². The van der Waals surface area contributed by atoms with Crippen molar-refractivity contribution in [1.82, 2.24) is 20.2 Å². The van der Waals surface area contributed by atoms with Crippen molar-refractivity contribution in [1.29, 1.82) is 0 Å². The Balaban J connectivity index is 0.000000406. The number of aryl methyl sites for hydroxylation is 1. The molecule has 1 aliphatic rings. The predicted molar refractivity (Wildman–Crippen MR) is 122 cm³/mol. The number of nitrogens with zero attached hydrogens (tertiary/aromatic N) is 2. The first-order valence-electron chi connectivity index (χ1n) is 10.8. The molecule has 4 rings (SSSR count). The SMILES string of the molecule is Cn1c(Cc2ccccc2)nc2cc(C(=O)NC3(C)CCNCC3)ccc21.O=C(O)C(F)(F)F. The summed E-state index contributed by atoms with van der Waals surface area (Å²) < 4.78 is 33.8. The highest BCUT2D eigenvalue weighted by atomic mass is 19.4. The molecular formula is C24H27F3N4O3. The van der Waals surface area contributed by atoms with Crippen LogP contribution in [0.3, 0.4) is 0 Å². The molecule has 0 radical (unpaired) electrons. The van der Waals surface area contributed by atoms with Gasteiger partial charge in [0.15, 0.2) is 0 Å². The average molecular weight is 476 g/mol. The van der Waals surface area contributed by atoms with Gasteiger partial charge in [0.05, 0.1) is 11.0 Å². The number of carboxylic acids is 1. The fourth-order valence-electron chi connectivity index (χ4n) is 3.78. The fourth-order valence-corrected chi connectivity index (χ4v) is 3.78. The number of imidazole rings is 1. The third-order valence-corrected chi connectivity index (χ3v) is 5.81. The van der Waals surface area contributed by atoms with Gasteiger partial charge in [-0.25, -0.2) is 9.78 Å². The summed E-state index contributed by atoms with van der Waals surface area (Å²) in [4.78, 5) is 26.5. The van der Waals surface area contributed by atoms with Gasteiger partial charge in [-0.1, -0.05) is 30.3 Å². The number of piperidine rings is 1. The Kier molecular flexibility index (Phi) is 7.61. The van der Waals surface area contributed by atoms with E-state index >= 15 is 0 Å². The standard InChI is InChI=1S/C22H26N4O.C2HF3O2/c1-22(10-12-23-13-11-22)25-21(27)17-8-9-19-18(15-17)24-20(26(19)2)14-16-6-4-3-5-7-16;3-2(4,5)1(6)7/h3-9,15,23H,10-14H2,1-2H3,(H,25,27);(H,6,7). The molecule has 1 aromatic heterocycles. The Morgan fingerprint density at radius 2 is 1.76 bits per heavy atom. The maximum absolute atomic E-state index is 12.8. The first-order valence-corrected chi connectivity index (χ1v) is 10.8. The van der Waals surface area contributed by atoms with Gasteiger partial charge < -0.3 is 20.3 Å². The van der Waals surface area contributed by atoms with Gasteiger partial charge in [-0.05, 0) is 56.6 Å². The third kappa shape index (κ3) is 6.34. The molecule has 34 heavy (non-hydrogen) atoms. The number of hydrogen-bond donors (Lipinski definition) is 3. The van der Waals surface area contributed by atoms with Crippen LogP contribution in [-0.4, -0.2) is 51.3 Å². The zero-order chi connectivity index (χ0) is 24.9. The summed E-state index contributed by atoms with van der Waals surface area (Å²) in [7, 11) is 2.03. The number of halogens is 3. The molecule has 0 aliphatic carbocycles. The number of carboxylic acid groups (broad SMARTS) is 1. The molecule has 0 bridgehead atoms. The second-order valence-electron chi connectivity index (χ2n) is 8.52. The molecule has 10 heteroatoms. The molecule has 1 saturated heterocycles. The van der Waals surface area contributed by atoms with Gasteiger partial charge >= 0.3 is 12.1 Å². The zero-order valence-electron chi connectivity index (χ0n) is 18.9. The Morgan fingerprint density at radius 3 is 2.35 bits per heavy atom. The van der Waals surface area contributed by atoms with Crippen LogP contribution in [0.2, 0.25) is 0 Å². The van der Waals surface area contributed by atoms with Crippen molar-refractivity contribution in [3.05, 3.63) is 65.5 Å². The molecule has 0 saturated carbocycles. The van der Waals surface area contributed by atoms with E-state index in [1.165, 1.54) is 5.56 Å². The maximum Gasteiger partial charge on any atom is 0.490 e. The number of alkyl halides is 3. The van der Waals surface area contributed by atoms with Crippen molar-refractivity contribution in [3.63, 3.8) is 0 Å². The molecule has 3 N–H and O–H groups in total. The van der Waals surface area contributed by atoms with Crippen LogP contribution in [0.5, 0.6) is 0 Å². The average Bonchev–Trinajstić information content (AvgIpc) is 3.09. The maximum atomic E-state index is 12.8. The van der Waals surface area contributed by atoms with Crippen LogP contribution in [-0.2, 0) is 18.3 Å². The van der Waals surface area contributed by atoms with Gasteiger partial charge in [0.2, 0.25) is 0 Å². The van der Waals surface area contributed by atoms with Crippen molar-refractivity contribution in [2.45, 2.75) is 37.9 Å². The molecule has 7 nitrogen and oxygen atoms in total. The molecule has 2 aromatic carbocycles. The molecule has 1 fully saturated rings. The topological polar surface area (TPSA) is 96.3 Å². The number of carbonyl (C=O) groups excluding carboxylic acids is 1. The van der Waals surface area contributed by atoms with E-state index in [1.807, 2.05) is 43.4 Å². The number of aliphatic carboxylic acids is 1. The van der Waals surface area contributed by atoms with Gasteiger partial charge in [0.1, 0.15) is 5.82 Å². The largest absolute Gasteiger partial charge is 0.490 e. The van der Waals surface area contributed by atoms with Crippen molar-refractivity contribution in [2.75, 3.05) is 13.1 Å². The Bertz CT molecular complexity index is 1150. The Morgan fingerprint density at radius 1 is 1.15 bits per heavy atom. The molecule has 2 heterocycles. The van der Waals surface area contributed by atoms with Crippen LogP contribution < -0.4 is 10.6 Å². The summed E-state index contributed by atoms with van der Waals surface area (Å²) in [5, 5.41) is 13.7. The van der Waals surface area contributed by atoms with Crippen LogP contribution >= 0.6 is 0 Å². The molecule has 182 valence electrons. The molecule has 1 aliphatic heterocycles. The monoisotopic (exact) mass is 476 g/mol. The lowest BCUT2D eigenvalue weighted by Gasteiger charge is -2.35. The predicted octanol–water partition coefficient (Wildman–Crippen LogP) is 3.67. The number of carbonyl (C=O) groups is 2. The van der Waals surface area contributed by atoms with E-state index in [2.05, 4.69) is 34.3 Å². The lowest BCUT2D eigenvalue weighted by Crippen LogP contribution is -2.52. The van der Waals surface area contributed by atoms with Gasteiger partial charge in [-0.2, -0.15) is 13.2 Å². The summed E-state index contributed by atoms with van der Waals surface area (Å²) in [5.41, 5.74) is 3.68. The minimum atomic E-state index is -5.08. The number of rotatable bonds is 4. The molecular weight excluding hydrogens is 449 g/mol. The summed E-state index contributed by atoms with van der Waals surface area (Å²) in [6.45, 7) is 4.01. The first-order chi connectivity index (χ1) is 16.0. The van der Waals surface area contributed by atoms with Crippen molar-refractivity contribution in [3.8, 4) is 0 Å². The number of fused-ring (bicyclic) bond motifs is 1. The van der Waals surface area contributed by atoms with Crippen molar-refractivity contribution < 1.29 is 27.9 Å². The number of hydrogen-bond acceptors (Lipinski definition) is 4. The summed E-state index contributed by atoms with van der Waals surface area (Å²) >= 11 is 0. The van der Waals surface area contributed by atoms with E-state index in [1.54, 1.807) is 0 Å². The van der Waals surface area contributed by atoms with E-state index < -0.39 is 12.1 Å². The molecule has 0 unspecified atom stereocenters. The second-order valence-corrected chi connectivity index (χ2v) is 8.52. The zero-order valence-corrected chi connectivity index (χ0v) is 18.9. The van der Waals surface area contributed by atoms with Gasteiger partial charge in [0, 0.05) is 24.6 Å². The van der Waals surface area contributed by atoms with Crippen LogP contribution in [0, 0.1) is 0 Å². The number of benzene rings is 2. The highest BCUT2D eigenvalue weighted by Crippen LogP contribution is 2.21. The quantitative estimate of drug-likeness (QED) is 0.534. The van der Waals surface area contributed by atoms with Crippen molar-refractivity contribution >= 4 is 22.9 Å². The molecule has 0 spiro atoms. The van der Waals surface area contributed by atoms with E-state index in [-0.39, 0.29) is 11.4 Å². The van der Waals surface area contributed by atoms with Crippen LogP contribution in [0.1, 0.15) is 41.5 Å². The lowest BCUT2D eigenvalue weighted by molar-refractivity contribution is -0.192. The van der Waals surface area contributed by atoms with E-state index in [0.29, 0.717) is 5.56 Å². The van der Waals surface area contributed by atoms with Crippen LogP contribution in [0.25, 0.3) is 11.0 Å². The summed E-state index contributed by atoms with van der Waals surface area (Å²) in [5.74, 6) is -1.77. The summed E-state index contributed by atoms with van der Waals surface area (Å²) in [6.07, 6.45) is -2.41. The second kappa shape index (κ2) is 10.3. The number of amides is 1. The fraction of sp³-hybridized carbons (Fsp3) is 0.375. The first kappa shape index (κ1) is 25.2. The van der Waals surface area contributed by atoms with E-state index in [4.69, 9.17) is 14.9 Å². The van der Waals surface area contributed by atoms with Gasteiger partial charge in [0.25, 0.3) is 5.91 Å². The number of nitrogens with one attached hydrogen (secondary N) is 2. The highest BCUT2D eigenvalue weighted by Gasteiger charge is 2.38. The van der Waals surface area contributed by atoms with Gasteiger partial charge in [-0.3, -0.25) is 4.79 Å². The van der Waals surface area contributed by atoms with Crippen LogP contribution in [0.15, 0.2) is 48.5 Å². The lowest BCUT2D eigenvalue weighted by atomic mass is 9.90. The normalized spacial score (nSPS) is 15.3. The minimum Gasteiger partial charge on any atom is -0.475 e. The Labute approximate surface area is 195 Å². The van der Waals surface area contributed by atoms with Crippen molar-refractivity contribution in [2.24, 2.45) is 7.05 Å². The molecule has 0 atom stereocenters. The summed E-state index contributed by atoms with van der Waals surface area (Å²) in [6, 6.07) is 16.1. The minimum absolute atomic E-state index is 0.0171. The molecule has 1 amide bonds. The Hall–Kier alpha value is -3.40. The highest BCUT2D eigenvalue weighted by molar-refractivity contribution is 5.97. The molecule has 3 aromatic rings. The third-order valence-electron chi connectivity index (χ3n) is 5.81. The van der Waals surface area contributed by atoms with E-state index in [9.17, 15) is 18.0 Å².